The van der Waals surface area contributed by atoms with Gasteiger partial charge in [0.2, 0.25) is 5.76 Å². The molecule has 2 atom stereocenters. The average molecular weight is 338 g/mol. The highest BCUT2D eigenvalue weighted by atomic mass is 16.6. The molecule has 130 valence electrons. The number of benzene rings is 2. The fourth-order valence-electron chi connectivity index (χ4n) is 2.72. The summed E-state index contributed by atoms with van der Waals surface area (Å²) in [5, 5.41) is 0. The second-order valence-electron chi connectivity index (χ2n) is 5.68. The molecular weight excluding hydrogens is 316 g/mol. The van der Waals surface area contributed by atoms with Crippen LogP contribution >= 0.6 is 0 Å². The summed E-state index contributed by atoms with van der Waals surface area (Å²) in [6.07, 6.45) is 1.66. The molecule has 0 aromatic heterocycles. The van der Waals surface area contributed by atoms with Crippen LogP contribution in [0.1, 0.15) is 28.8 Å². The van der Waals surface area contributed by atoms with Crippen LogP contribution in [0, 0.1) is 5.92 Å². The van der Waals surface area contributed by atoms with Crippen molar-refractivity contribution in [3.05, 3.63) is 83.6 Å². The van der Waals surface area contributed by atoms with E-state index in [4.69, 9.17) is 9.47 Å². The zero-order valence-corrected chi connectivity index (χ0v) is 14.6. The van der Waals surface area contributed by atoms with Gasteiger partial charge in [-0.1, -0.05) is 67.6 Å². The number of hydrogen-bond acceptors (Lipinski definition) is 4. The van der Waals surface area contributed by atoms with Gasteiger partial charge in [-0.15, -0.1) is 0 Å². The van der Waals surface area contributed by atoms with Gasteiger partial charge in [-0.05, 0) is 11.6 Å². The summed E-state index contributed by atoms with van der Waals surface area (Å²) >= 11 is 0. The molecule has 0 spiro atoms. The number of ketones is 1. The highest BCUT2D eigenvalue weighted by molar-refractivity contribution is 5.98. The minimum Gasteiger partial charge on any atom is -0.490 e. The molecule has 4 nitrogen and oxygen atoms in total. The van der Waals surface area contributed by atoms with Crippen molar-refractivity contribution < 1.29 is 19.1 Å². The van der Waals surface area contributed by atoms with E-state index in [2.05, 4.69) is 0 Å². The van der Waals surface area contributed by atoms with Gasteiger partial charge in [0.15, 0.2) is 5.78 Å². The van der Waals surface area contributed by atoms with Gasteiger partial charge in [0.1, 0.15) is 0 Å². The van der Waals surface area contributed by atoms with Crippen molar-refractivity contribution in [2.24, 2.45) is 5.92 Å². The van der Waals surface area contributed by atoms with E-state index in [-0.39, 0.29) is 23.4 Å². The monoisotopic (exact) mass is 338 g/mol. The van der Waals surface area contributed by atoms with Crippen molar-refractivity contribution in [1.82, 2.24) is 0 Å². The van der Waals surface area contributed by atoms with Crippen LogP contribution in [-0.2, 0) is 14.3 Å². The summed E-state index contributed by atoms with van der Waals surface area (Å²) in [5.41, 5.74) is 1.57. The molecule has 0 heterocycles. The highest BCUT2D eigenvalue weighted by Gasteiger charge is 2.27. The van der Waals surface area contributed by atoms with Crippen LogP contribution in [0.5, 0.6) is 0 Å². The summed E-state index contributed by atoms with van der Waals surface area (Å²) < 4.78 is 9.91. The van der Waals surface area contributed by atoms with Crippen LogP contribution in [0.3, 0.4) is 0 Å². The third-order valence-electron chi connectivity index (χ3n) is 4.13. The molecule has 0 saturated heterocycles. The highest BCUT2D eigenvalue weighted by Crippen LogP contribution is 2.30. The van der Waals surface area contributed by atoms with Gasteiger partial charge in [-0.2, -0.15) is 0 Å². The van der Waals surface area contributed by atoms with Crippen LogP contribution in [0.2, 0.25) is 0 Å². The largest absolute Gasteiger partial charge is 0.490 e. The molecule has 25 heavy (non-hydrogen) atoms. The first-order valence-electron chi connectivity index (χ1n) is 8.06. The number of allylic oxidation sites excluding steroid dienone is 1. The lowest BCUT2D eigenvalue weighted by atomic mass is 9.82. The second-order valence-corrected chi connectivity index (χ2v) is 5.68. The number of carbonyl (C=O) groups is 2. The van der Waals surface area contributed by atoms with Gasteiger partial charge in [-0.3, -0.25) is 4.79 Å². The zero-order valence-electron chi connectivity index (χ0n) is 14.6. The number of ether oxygens (including phenoxy) is 2. The molecule has 0 aliphatic rings. The molecule has 2 aromatic rings. The fourth-order valence-corrected chi connectivity index (χ4v) is 2.72. The molecule has 0 amide bonds. The maximum Gasteiger partial charge on any atom is 0.372 e. The van der Waals surface area contributed by atoms with Gasteiger partial charge < -0.3 is 9.47 Å². The van der Waals surface area contributed by atoms with Crippen LogP contribution in [0.25, 0.3) is 0 Å². The maximum absolute atomic E-state index is 12.9. The molecule has 0 bridgehead atoms. The molecule has 0 radical (unpaired) electrons. The molecule has 0 aliphatic carbocycles. The number of methoxy groups -OCH3 is 2. The Hall–Kier alpha value is -2.88. The minimum atomic E-state index is -0.567. The van der Waals surface area contributed by atoms with Crippen LogP contribution in [0.4, 0.5) is 0 Å². The van der Waals surface area contributed by atoms with Crippen molar-refractivity contribution in [3.8, 4) is 0 Å². The predicted octanol–water partition coefficient (Wildman–Crippen LogP) is 3.99. The van der Waals surface area contributed by atoms with Gasteiger partial charge in [0.25, 0.3) is 0 Å². The van der Waals surface area contributed by atoms with Crippen LogP contribution < -0.4 is 0 Å². The number of rotatable bonds is 7. The molecule has 2 aromatic carbocycles. The van der Waals surface area contributed by atoms with Crippen molar-refractivity contribution in [2.45, 2.75) is 12.8 Å². The summed E-state index contributed by atoms with van der Waals surface area (Å²) in [4.78, 5) is 24.8. The number of carbonyl (C=O) groups excluding carboxylic acids is 2. The predicted molar refractivity (Wildman–Crippen MR) is 96.2 cm³/mol. The van der Waals surface area contributed by atoms with Gasteiger partial charge in [-0.25, -0.2) is 4.79 Å². The number of esters is 1. The molecule has 0 fully saturated rings. The lowest BCUT2D eigenvalue weighted by Gasteiger charge is -2.21. The first kappa shape index (κ1) is 18.5. The lowest BCUT2D eigenvalue weighted by Crippen LogP contribution is -2.20. The lowest BCUT2D eigenvalue weighted by molar-refractivity contribution is -0.139. The van der Waals surface area contributed by atoms with Gasteiger partial charge >= 0.3 is 5.97 Å². The summed E-state index contributed by atoms with van der Waals surface area (Å²) in [6, 6.07) is 18.7. The van der Waals surface area contributed by atoms with Crippen molar-refractivity contribution >= 4 is 11.8 Å². The van der Waals surface area contributed by atoms with E-state index in [0.717, 1.165) is 5.56 Å². The zero-order chi connectivity index (χ0) is 18.2. The van der Waals surface area contributed by atoms with E-state index >= 15 is 0 Å². The molecule has 0 unspecified atom stereocenters. The normalized spacial score (nSPS) is 13.6. The molecule has 0 saturated carbocycles. The quantitative estimate of drug-likeness (QED) is 0.331. The Kier molecular flexibility index (Phi) is 6.52. The SMILES string of the molecule is COC(=O)/C(=C/[C@@H](c1ccccc1)[C@H](C)C(=O)c1ccccc1)OC. The van der Waals surface area contributed by atoms with E-state index in [1.165, 1.54) is 14.2 Å². The van der Waals surface area contributed by atoms with Gasteiger partial charge in [0, 0.05) is 17.4 Å². The summed E-state index contributed by atoms with van der Waals surface area (Å²) in [6.45, 7) is 1.86. The maximum atomic E-state index is 12.9. The number of Topliss-reactive ketones (excluding diaryl/α,β-unsaturated/α-hetero) is 1. The Morgan fingerprint density at radius 3 is 1.96 bits per heavy atom. The van der Waals surface area contributed by atoms with Crippen molar-refractivity contribution in [1.29, 1.82) is 0 Å². The topological polar surface area (TPSA) is 52.6 Å². The van der Waals surface area contributed by atoms with E-state index in [1.807, 2.05) is 55.5 Å². The summed E-state index contributed by atoms with van der Waals surface area (Å²) in [7, 11) is 2.71. The van der Waals surface area contributed by atoms with E-state index < -0.39 is 5.97 Å². The third kappa shape index (κ3) is 4.57. The minimum absolute atomic E-state index is 0.00558. The Morgan fingerprint density at radius 2 is 1.44 bits per heavy atom. The van der Waals surface area contributed by atoms with Crippen molar-refractivity contribution in [3.63, 3.8) is 0 Å². The third-order valence-corrected chi connectivity index (χ3v) is 4.13. The van der Waals surface area contributed by atoms with Crippen LogP contribution in [0.15, 0.2) is 72.5 Å². The first-order valence-corrected chi connectivity index (χ1v) is 8.06. The molecule has 2 rings (SSSR count). The Morgan fingerprint density at radius 1 is 0.880 bits per heavy atom. The standard InChI is InChI=1S/C21H22O4/c1-15(20(22)17-12-8-5-9-13-17)18(16-10-6-4-7-11-16)14-19(24-2)21(23)25-3/h4-15,18H,1-3H3/b19-14-/t15-,18+/m0/s1. The van der Waals surface area contributed by atoms with Gasteiger partial charge in [0.05, 0.1) is 14.2 Å². The average Bonchev–Trinajstić information content (AvgIpc) is 2.68. The number of hydrogen-bond donors (Lipinski definition) is 0. The smallest absolute Gasteiger partial charge is 0.372 e. The van der Waals surface area contributed by atoms with E-state index in [1.54, 1.807) is 18.2 Å². The van der Waals surface area contributed by atoms with E-state index in [0.29, 0.717) is 5.56 Å². The first-order chi connectivity index (χ1) is 12.1. The molecular formula is C21H22O4. The molecule has 0 N–H and O–H groups in total. The molecule has 4 heteroatoms. The molecule has 0 aliphatic heterocycles. The van der Waals surface area contributed by atoms with E-state index in [9.17, 15) is 9.59 Å². The van der Waals surface area contributed by atoms with Crippen LogP contribution in [-0.4, -0.2) is 26.0 Å². The fraction of sp³-hybridized carbons (Fsp3) is 0.238. The Bertz CT molecular complexity index is 735. The summed E-state index contributed by atoms with van der Waals surface area (Å²) in [5.74, 6) is -1.17. The Balaban J connectivity index is 2.43. The Labute approximate surface area is 148 Å². The second kappa shape index (κ2) is 8.83. The van der Waals surface area contributed by atoms with Crippen molar-refractivity contribution in [2.75, 3.05) is 14.2 Å².